The minimum atomic E-state index is -0.253. The Morgan fingerprint density at radius 3 is 2.62 bits per heavy atom. The van der Waals surface area contributed by atoms with Crippen LogP contribution in [0.15, 0.2) is 36.4 Å². The summed E-state index contributed by atoms with van der Waals surface area (Å²) in [7, 11) is 0. The Morgan fingerprint density at radius 2 is 1.90 bits per heavy atom. The smallest absolute Gasteiger partial charge is 0.123 e. The molecule has 0 bridgehead atoms. The van der Waals surface area contributed by atoms with Crippen LogP contribution in [0.1, 0.15) is 36.1 Å². The molecule has 1 atom stereocenters. The van der Waals surface area contributed by atoms with Crippen molar-refractivity contribution in [2.75, 3.05) is 6.54 Å². The van der Waals surface area contributed by atoms with Crippen LogP contribution < -0.4 is 5.32 Å². The Hall–Kier alpha value is -1.09. The van der Waals surface area contributed by atoms with Crippen LogP contribution in [0.4, 0.5) is 4.39 Å². The molecule has 2 rings (SSSR count). The van der Waals surface area contributed by atoms with E-state index in [9.17, 15) is 4.39 Å². The maximum Gasteiger partial charge on any atom is 0.123 e. The number of benzene rings is 2. The van der Waals surface area contributed by atoms with Gasteiger partial charge in [0, 0.05) is 0 Å². The zero-order valence-electron chi connectivity index (χ0n) is 12.1. The van der Waals surface area contributed by atoms with E-state index in [0.29, 0.717) is 10.0 Å². The topological polar surface area (TPSA) is 12.0 Å². The summed E-state index contributed by atoms with van der Waals surface area (Å²) in [6, 6.07) is 10.2. The minimum absolute atomic E-state index is 0.174. The van der Waals surface area contributed by atoms with Crippen LogP contribution in [-0.4, -0.2) is 6.54 Å². The van der Waals surface area contributed by atoms with Gasteiger partial charge in [-0.15, -0.1) is 0 Å². The molecule has 0 aliphatic heterocycles. The van der Waals surface area contributed by atoms with E-state index in [-0.39, 0.29) is 11.9 Å². The molecule has 2 aromatic carbocycles. The number of halogens is 3. The van der Waals surface area contributed by atoms with E-state index in [2.05, 4.69) is 12.2 Å². The van der Waals surface area contributed by atoms with Crippen molar-refractivity contribution < 1.29 is 4.39 Å². The van der Waals surface area contributed by atoms with Crippen molar-refractivity contribution in [3.05, 3.63) is 69.0 Å². The van der Waals surface area contributed by atoms with Crippen LogP contribution in [0.25, 0.3) is 0 Å². The van der Waals surface area contributed by atoms with E-state index < -0.39 is 0 Å². The summed E-state index contributed by atoms with van der Waals surface area (Å²) in [6.45, 7) is 4.86. The predicted molar refractivity (Wildman–Crippen MR) is 87.7 cm³/mol. The van der Waals surface area contributed by atoms with E-state index >= 15 is 0 Å². The van der Waals surface area contributed by atoms with Gasteiger partial charge < -0.3 is 5.32 Å². The molecule has 0 aliphatic rings. The molecular weight excluding hydrogens is 308 g/mol. The molecule has 0 saturated carbocycles. The Balaban J connectivity index is 2.52. The van der Waals surface area contributed by atoms with Gasteiger partial charge in [0.25, 0.3) is 0 Å². The summed E-state index contributed by atoms with van der Waals surface area (Å²) >= 11 is 12.5. The minimum Gasteiger partial charge on any atom is -0.306 e. The summed E-state index contributed by atoms with van der Waals surface area (Å²) < 4.78 is 13.6. The summed E-state index contributed by atoms with van der Waals surface area (Å²) in [5, 5.41) is 4.44. The monoisotopic (exact) mass is 325 g/mol. The first-order valence-corrected chi connectivity index (χ1v) is 7.73. The van der Waals surface area contributed by atoms with Crippen molar-refractivity contribution in [1.29, 1.82) is 0 Å². The molecule has 1 nitrogen and oxygen atoms in total. The molecule has 1 unspecified atom stereocenters. The number of hydrogen-bond acceptors (Lipinski definition) is 1. The van der Waals surface area contributed by atoms with Crippen LogP contribution in [0.5, 0.6) is 0 Å². The van der Waals surface area contributed by atoms with Crippen molar-refractivity contribution in [1.82, 2.24) is 5.32 Å². The molecule has 0 fully saturated rings. The van der Waals surface area contributed by atoms with Crippen molar-refractivity contribution in [2.45, 2.75) is 26.3 Å². The lowest BCUT2D eigenvalue weighted by Gasteiger charge is -2.23. The van der Waals surface area contributed by atoms with Gasteiger partial charge in [-0.05, 0) is 54.8 Å². The first-order valence-electron chi connectivity index (χ1n) is 6.98. The van der Waals surface area contributed by atoms with Crippen molar-refractivity contribution >= 4 is 23.2 Å². The number of nitrogens with one attached hydrogen (secondary N) is 1. The average molecular weight is 326 g/mol. The summed E-state index contributed by atoms with van der Waals surface area (Å²) in [4.78, 5) is 0. The zero-order chi connectivity index (χ0) is 15.4. The highest BCUT2D eigenvalue weighted by Crippen LogP contribution is 2.34. The molecule has 0 radical (unpaired) electrons. The van der Waals surface area contributed by atoms with Gasteiger partial charge in [0.15, 0.2) is 0 Å². The lowest BCUT2D eigenvalue weighted by Crippen LogP contribution is -2.24. The van der Waals surface area contributed by atoms with Crippen LogP contribution >= 0.6 is 23.2 Å². The maximum atomic E-state index is 13.6. The lowest BCUT2D eigenvalue weighted by atomic mass is 9.94. The van der Waals surface area contributed by atoms with E-state index in [0.717, 1.165) is 29.7 Å². The predicted octanol–water partition coefficient (Wildman–Crippen LogP) is 5.53. The van der Waals surface area contributed by atoms with E-state index in [1.54, 1.807) is 18.2 Å². The second-order valence-corrected chi connectivity index (χ2v) is 5.82. The van der Waals surface area contributed by atoms with Gasteiger partial charge in [-0.1, -0.05) is 48.3 Å². The first-order chi connectivity index (χ1) is 10.0. The second kappa shape index (κ2) is 7.26. The third kappa shape index (κ3) is 3.76. The Kier molecular flexibility index (Phi) is 5.63. The quantitative estimate of drug-likeness (QED) is 0.762. The van der Waals surface area contributed by atoms with Crippen LogP contribution in [0.3, 0.4) is 0 Å². The molecule has 2 aromatic rings. The molecular formula is C17H18Cl2FN. The maximum absolute atomic E-state index is 13.6. The molecule has 0 spiro atoms. The van der Waals surface area contributed by atoms with Gasteiger partial charge in [-0.3, -0.25) is 0 Å². The zero-order valence-corrected chi connectivity index (χ0v) is 13.6. The van der Waals surface area contributed by atoms with Gasteiger partial charge in [0.1, 0.15) is 5.82 Å². The number of hydrogen-bond donors (Lipinski definition) is 1. The van der Waals surface area contributed by atoms with E-state index in [4.69, 9.17) is 23.2 Å². The van der Waals surface area contributed by atoms with Crippen molar-refractivity contribution in [3.63, 3.8) is 0 Å². The number of aryl methyl sites for hydroxylation is 1. The van der Waals surface area contributed by atoms with Crippen LogP contribution in [0.2, 0.25) is 10.0 Å². The fourth-order valence-electron chi connectivity index (χ4n) is 2.34. The molecule has 112 valence electrons. The Morgan fingerprint density at radius 1 is 1.14 bits per heavy atom. The number of rotatable bonds is 5. The molecule has 21 heavy (non-hydrogen) atoms. The van der Waals surface area contributed by atoms with Crippen LogP contribution in [0, 0.1) is 12.7 Å². The molecule has 0 amide bonds. The van der Waals surface area contributed by atoms with Gasteiger partial charge in [-0.2, -0.15) is 0 Å². The highest BCUT2D eigenvalue weighted by Gasteiger charge is 2.20. The molecule has 0 saturated heterocycles. The molecule has 1 N–H and O–H groups in total. The molecule has 0 heterocycles. The fourth-order valence-corrected chi connectivity index (χ4v) is 2.76. The normalized spacial score (nSPS) is 12.4. The SMILES string of the molecule is CCCNC(c1cc(F)ccc1C)c1cccc(Cl)c1Cl. The van der Waals surface area contributed by atoms with E-state index in [1.165, 1.54) is 6.07 Å². The van der Waals surface area contributed by atoms with Gasteiger partial charge in [0.05, 0.1) is 16.1 Å². The van der Waals surface area contributed by atoms with Crippen molar-refractivity contribution in [3.8, 4) is 0 Å². The van der Waals surface area contributed by atoms with Gasteiger partial charge >= 0.3 is 0 Å². The summed E-state index contributed by atoms with van der Waals surface area (Å²) in [5.41, 5.74) is 2.76. The van der Waals surface area contributed by atoms with Gasteiger partial charge in [0.2, 0.25) is 0 Å². The fraction of sp³-hybridized carbons (Fsp3) is 0.294. The Bertz CT molecular complexity index is 626. The third-order valence-electron chi connectivity index (χ3n) is 3.44. The third-order valence-corrected chi connectivity index (χ3v) is 4.28. The molecule has 0 aromatic heterocycles. The van der Waals surface area contributed by atoms with Gasteiger partial charge in [-0.25, -0.2) is 4.39 Å². The lowest BCUT2D eigenvalue weighted by molar-refractivity contribution is 0.583. The van der Waals surface area contributed by atoms with Crippen LogP contribution in [-0.2, 0) is 0 Å². The standard InChI is InChI=1S/C17H18Cl2FN/c1-3-9-21-17(13-5-4-6-15(18)16(13)19)14-10-12(20)8-7-11(14)2/h4-8,10,17,21H,3,9H2,1-2H3. The largest absolute Gasteiger partial charge is 0.306 e. The van der Waals surface area contributed by atoms with E-state index in [1.807, 2.05) is 19.1 Å². The highest BCUT2D eigenvalue weighted by molar-refractivity contribution is 6.42. The first kappa shape index (κ1) is 16.3. The summed E-state index contributed by atoms with van der Waals surface area (Å²) in [5.74, 6) is -0.253. The summed E-state index contributed by atoms with van der Waals surface area (Å²) in [6.07, 6.45) is 0.975. The average Bonchev–Trinajstić information content (AvgIpc) is 2.47. The second-order valence-electron chi connectivity index (χ2n) is 5.03. The van der Waals surface area contributed by atoms with Crippen molar-refractivity contribution in [2.24, 2.45) is 0 Å². The molecule has 0 aliphatic carbocycles. The highest BCUT2D eigenvalue weighted by atomic mass is 35.5. The Labute approximate surface area is 135 Å². The molecule has 4 heteroatoms.